The summed E-state index contributed by atoms with van der Waals surface area (Å²) in [6.45, 7) is 0.627. The van der Waals surface area contributed by atoms with Gasteiger partial charge < -0.3 is 14.6 Å². The van der Waals surface area contributed by atoms with Crippen molar-refractivity contribution in [3.05, 3.63) is 65.0 Å². The number of unbranched alkanes of at least 4 members (excludes halogenated alkanes) is 2. The van der Waals surface area contributed by atoms with Crippen LogP contribution in [-0.2, 0) is 6.42 Å². The molecule has 0 radical (unpaired) electrons. The van der Waals surface area contributed by atoms with E-state index in [0.717, 1.165) is 30.6 Å². The summed E-state index contributed by atoms with van der Waals surface area (Å²) in [5.74, 6) is 1.90. The standard InChI is InChI=1S/C21H22ClN3O3/c1-27-18-12-8-15(9-13-18)20-24-19(28-25-20)5-3-2-4-14-23-21(26)16-6-10-17(22)11-7-16/h6-13H,2-5,14H2,1H3,(H,23,26). The average molecular weight is 400 g/mol. The van der Waals surface area contributed by atoms with Crippen LogP contribution in [-0.4, -0.2) is 29.7 Å². The van der Waals surface area contributed by atoms with Gasteiger partial charge in [0.2, 0.25) is 11.7 Å². The Hall–Kier alpha value is -2.86. The second kappa shape index (κ2) is 9.90. The fourth-order valence-electron chi connectivity index (χ4n) is 2.70. The molecule has 0 bridgehead atoms. The SMILES string of the molecule is COc1ccc(-c2noc(CCCCCNC(=O)c3ccc(Cl)cc3)n2)cc1. The maximum Gasteiger partial charge on any atom is 0.251 e. The molecule has 1 heterocycles. The van der Waals surface area contributed by atoms with E-state index >= 15 is 0 Å². The highest BCUT2D eigenvalue weighted by Gasteiger charge is 2.09. The molecule has 28 heavy (non-hydrogen) atoms. The van der Waals surface area contributed by atoms with Crippen LogP contribution in [0.15, 0.2) is 53.1 Å². The molecule has 0 saturated heterocycles. The van der Waals surface area contributed by atoms with Gasteiger partial charge in [-0.2, -0.15) is 4.98 Å². The van der Waals surface area contributed by atoms with Gasteiger partial charge in [0.25, 0.3) is 5.91 Å². The number of rotatable bonds is 9. The van der Waals surface area contributed by atoms with Gasteiger partial charge in [0.1, 0.15) is 5.75 Å². The summed E-state index contributed by atoms with van der Waals surface area (Å²) < 4.78 is 10.5. The highest BCUT2D eigenvalue weighted by Crippen LogP contribution is 2.20. The molecule has 0 aliphatic carbocycles. The van der Waals surface area contributed by atoms with Crippen LogP contribution in [0.4, 0.5) is 0 Å². The van der Waals surface area contributed by atoms with Crippen LogP contribution in [0, 0.1) is 0 Å². The second-order valence-electron chi connectivity index (χ2n) is 6.31. The summed E-state index contributed by atoms with van der Waals surface area (Å²) in [4.78, 5) is 16.4. The van der Waals surface area contributed by atoms with Gasteiger partial charge in [0.05, 0.1) is 7.11 Å². The fraction of sp³-hybridized carbons (Fsp3) is 0.286. The third-order valence-electron chi connectivity index (χ3n) is 4.28. The molecule has 0 saturated carbocycles. The molecule has 0 aliphatic rings. The zero-order valence-corrected chi connectivity index (χ0v) is 16.4. The molecule has 6 nitrogen and oxygen atoms in total. The van der Waals surface area contributed by atoms with Gasteiger partial charge >= 0.3 is 0 Å². The van der Waals surface area contributed by atoms with Crippen molar-refractivity contribution in [3.8, 4) is 17.1 Å². The summed E-state index contributed by atoms with van der Waals surface area (Å²) in [5, 5.41) is 7.55. The van der Waals surface area contributed by atoms with Gasteiger partial charge in [-0.1, -0.05) is 23.2 Å². The van der Waals surface area contributed by atoms with Crippen molar-refractivity contribution in [1.82, 2.24) is 15.5 Å². The number of halogens is 1. The third kappa shape index (κ3) is 5.57. The molecule has 1 amide bonds. The fourth-order valence-corrected chi connectivity index (χ4v) is 2.82. The number of nitrogens with one attached hydrogen (secondary N) is 1. The van der Waals surface area contributed by atoms with Gasteiger partial charge in [0, 0.05) is 29.1 Å². The molecule has 2 aromatic carbocycles. The molecule has 0 aliphatic heterocycles. The number of amides is 1. The van der Waals surface area contributed by atoms with Crippen molar-refractivity contribution in [1.29, 1.82) is 0 Å². The maximum absolute atomic E-state index is 12.0. The topological polar surface area (TPSA) is 77.3 Å². The van der Waals surface area contributed by atoms with Crippen LogP contribution >= 0.6 is 11.6 Å². The monoisotopic (exact) mass is 399 g/mol. The van der Waals surface area contributed by atoms with Crippen molar-refractivity contribution < 1.29 is 14.1 Å². The Morgan fingerprint density at radius 2 is 1.82 bits per heavy atom. The Morgan fingerprint density at radius 1 is 1.07 bits per heavy atom. The normalized spacial score (nSPS) is 10.6. The molecule has 7 heteroatoms. The number of hydrogen-bond donors (Lipinski definition) is 1. The average Bonchev–Trinajstić information content (AvgIpc) is 3.20. The van der Waals surface area contributed by atoms with E-state index in [4.69, 9.17) is 20.9 Å². The molecular weight excluding hydrogens is 378 g/mol. The van der Waals surface area contributed by atoms with Crippen molar-refractivity contribution >= 4 is 17.5 Å². The lowest BCUT2D eigenvalue weighted by atomic mass is 10.1. The molecule has 0 spiro atoms. The van der Waals surface area contributed by atoms with Crippen molar-refractivity contribution in [3.63, 3.8) is 0 Å². The van der Waals surface area contributed by atoms with Crippen LogP contribution in [0.1, 0.15) is 35.5 Å². The second-order valence-corrected chi connectivity index (χ2v) is 6.75. The third-order valence-corrected chi connectivity index (χ3v) is 4.53. The lowest BCUT2D eigenvalue weighted by Gasteiger charge is -2.05. The smallest absolute Gasteiger partial charge is 0.251 e. The van der Waals surface area contributed by atoms with E-state index in [1.54, 1.807) is 31.4 Å². The summed E-state index contributed by atoms with van der Waals surface area (Å²) >= 11 is 5.82. The van der Waals surface area contributed by atoms with Gasteiger partial charge in [-0.05, 0) is 61.4 Å². The Kier molecular flexibility index (Phi) is 7.03. The van der Waals surface area contributed by atoms with Crippen molar-refractivity contribution in [2.24, 2.45) is 0 Å². The molecule has 0 fully saturated rings. The van der Waals surface area contributed by atoms with Gasteiger partial charge in [-0.3, -0.25) is 4.79 Å². The van der Waals surface area contributed by atoms with E-state index in [-0.39, 0.29) is 5.91 Å². The Balaban J connectivity index is 1.36. The van der Waals surface area contributed by atoms with Gasteiger partial charge in [0.15, 0.2) is 0 Å². The number of aryl methyl sites for hydroxylation is 1. The van der Waals surface area contributed by atoms with Crippen LogP contribution in [0.3, 0.4) is 0 Å². The largest absolute Gasteiger partial charge is 0.497 e. The van der Waals surface area contributed by atoms with Crippen LogP contribution in [0.25, 0.3) is 11.4 Å². The molecule has 0 atom stereocenters. The first-order valence-corrected chi connectivity index (χ1v) is 9.54. The number of nitrogens with zero attached hydrogens (tertiary/aromatic N) is 2. The quantitative estimate of drug-likeness (QED) is 0.534. The lowest BCUT2D eigenvalue weighted by Crippen LogP contribution is -2.24. The number of ether oxygens (including phenoxy) is 1. The van der Waals surface area contributed by atoms with Gasteiger partial charge in [-0.15, -0.1) is 0 Å². The van der Waals surface area contributed by atoms with Crippen LogP contribution < -0.4 is 10.1 Å². The summed E-state index contributed by atoms with van der Waals surface area (Å²) in [6, 6.07) is 14.4. The minimum absolute atomic E-state index is 0.0855. The van der Waals surface area contributed by atoms with Crippen molar-refractivity contribution in [2.75, 3.05) is 13.7 Å². The molecule has 3 rings (SSSR count). The first-order chi connectivity index (χ1) is 13.7. The van der Waals surface area contributed by atoms with Crippen LogP contribution in [0.2, 0.25) is 5.02 Å². The molecule has 1 N–H and O–H groups in total. The molecular formula is C21H22ClN3O3. The Bertz CT molecular complexity index is 892. The van der Waals surface area contributed by atoms with E-state index < -0.39 is 0 Å². The number of aromatic nitrogens is 2. The number of benzene rings is 2. The molecule has 1 aromatic heterocycles. The predicted octanol–water partition coefficient (Wildman–Crippen LogP) is 4.54. The molecule has 3 aromatic rings. The summed E-state index contributed by atoms with van der Waals surface area (Å²) in [5.41, 5.74) is 1.50. The van der Waals surface area contributed by atoms with E-state index in [1.165, 1.54) is 0 Å². The minimum Gasteiger partial charge on any atom is -0.497 e. The highest BCUT2D eigenvalue weighted by atomic mass is 35.5. The van der Waals surface area contributed by atoms with E-state index in [9.17, 15) is 4.79 Å². The van der Waals surface area contributed by atoms with Gasteiger partial charge in [-0.25, -0.2) is 0 Å². The lowest BCUT2D eigenvalue weighted by molar-refractivity contribution is 0.0953. The first-order valence-electron chi connectivity index (χ1n) is 9.16. The maximum atomic E-state index is 12.0. The highest BCUT2D eigenvalue weighted by molar-refractivity contribution is 6.30. The molecule has 146 valence electrons. The summed E-state index contributed by atoms with van der Waals surface area (Å²) in [6.07, 6.45) is 3.48. The Morgan fingerprint density at radius 3 is 2.54 bits per heavy atom. The van der Waals surface area contributed by atoms with E-state index in [2.05, 4.69) is 15.5 Å². The number of hydrogen-bond acceptors (Lipinski definition) is 5. The van der Waals surface area contributed by atoms with Crippen LogP contribution in [0.5, 0.6) is 5.75 Å². The van der Waals surface area contributed by atoms with E-state index in [1.807, 2.05) is 24.3 Å². The van der Waals surface area contributed by atoms with Crippen molar-refractivity contribution in [2.45, 2.75) is 25.7 Å². The number of methoxy groups -OCH3 is 1. The minimum atomic E-state index is -0.0855. The first kappa shape index (κ1) is 19.9. The predicted molar refractivity (Wildman–Crippen MR) is 108 cm³/mol. The number of carbonyl (C=O) groups is 1. The summed E-state index contributed by atoms with van der Waals surface area (Å²) in [7, 11) is 1.63. The van der Waals surface area contributed by atoms with E-state index in [0.29, 0.717) is 35.3 Å². The molecule has 0 unspecified atom stereocenters. The zero-order valence-electron chi connectivity index (χ0n) is 15.7. The zero-order chi connectivity index (χ0) is 19.8. The Labute approximate surface area is 168 Å². The number of carbonyl (C=O) groups excluding carboxylic acids is 1.